The highest BCUT2D eigenvalue weighted by Gasteiger charge is 2.21. The lowest BCUT2D eigenvalue weighted by Crippen LogP contribution is -2.03. The van der Waals surface area contributed by atoms with E-state index < -0.39 is 25.1 Å². The average Bonchev–Trinajstić information content (AvgIpc) is 2.56. The topological polar surface area (TPSA) is 154 Å². The van der Waals surface area contributed by atoms with Gasteiger partial charge in [-0.25, -0.2) is 4.57 Å². The smallest absolute Gasteiger partial charge is 0.508 e. The van der Waals surface area contributed by atoms with Crippen LogP contribution in [0.5, 0.6) is 23.0 Å². The van der Waals surface area contributed by atoms with Gasteiger partial charge in [0.05, 0.1) is 0 Å². The van der Waals surface area contributed by atoms with Gasteiger partial charge in [-0.3, -0.25) is 14.6 Å². The molecule has 10 heteroatoms. The Hall–Kier alpha value is -3.00. The number of aliphatic hydroxyl groups excluding tert-OH is 1. The number of allylic oxidation sites excluding steroid dienone is 1. The monoisotopic (exact) mass is 382 g/mol. The molecule has 0 amide bonds. The van der Waals surface area contributed by atoms with Crippen LogP contribution in [-0.4, -0.2) is 31.4 Å². The molecule has 0 heterocycles. The molecule has 2 aromatic rings. The number of aryl methyl sites for hydroxylation is 1. The molecule has 0 aliphatic rings. The molecule has 2 aromatic carbocycles. The van der Waals surface area contributed by atoms with Crippen LogP contribution in [0, 0.1) is 6.92 Å². The third kappa shape index (κ3) is 4.76. The molecule has 0 atom stereocenters. The molecule has 9 nitrogen and oxygen atoms in total. The van der Waals surface area contributed by atoms with Crippen molar-refractivity contribution in [1.29, 1.82) is 0 Å². The van der Waals surface area contributed by atoms with E-state index in [1.165, 1.54) is 18.2 Å². The summed E-state index contributed by atoms with van der Waals surface area (Å²) < 4.78 is 20.8. The molecule has 2 rings (SSSR count). The van der Waals surface area contributed by atoms with Crippen molar-refractivity contribution in [1.82, 2.24) is 0 Å². The number of aromatic hydroxyl groups is 2. The molecule has 0 saturated heterocycles. The second kappa shape index (κ2) is 7.49. The maximum Gasteiger partial charge on any atom is 0.524 e. The minimum Gasteiger partial charge on any atom is -0.508 e. The number of phenolic OH excluding ortho intramolecular Hbond substituents is 2. The van der Waals surface area contributed by atoms with Crippen molar-refractivity contribution in [2.24, 2.45) is 0 Å². The number of carbonyl (C=O) groups is 1. The summed E-state index contributed by atoms with van der Waals surface area (Å²) in [6, 6.07) is 7.45. The number of benzene rings is 2. The van der Waals surface area contributed by atoms with Gasteiger partial charge in [0.25, 0.3) is 0 Å². The van der Waals surface area contributed by atoms with E-state index >= 15 is 0 Å². The van der Waals surface area contributed by atoms with Gasteiger partial charge in [-0.2, -0.15) is 0 Å². The van der Waals surface area contributed by atoms with Gasteiger partial charge in [0.15, 0.2) is 29.3 Å². The summed E-state index contributed by atoms with van der Waals surface area (Å²) >= 11 is 0. The molecule has 0 radical (unpaired) electrons. The zero-order chi connectivity index (χ0) is 19.5. The first-order valence-corrected chi connectivity index (χ1v) is 8.58. The van der Waals surface area contributed by atoms with Crippen LogP contribution in [0.1, 0.15) is 11.1 Å². The van der Waals surface area contributed by atoms with Crippen molar-refractivity contribution >= 4 is 19.9 Å². The highest BCUT2D eigenvalue weighted by molar-refractivity contribution is 7.46. The Morgan fingerprint density at radius 1 is 1.08 bits per heavy atom. The molecule has 0 aliphatic heterocycles. The van der Waals surface area contributed by atoms with Crippen LogP contribution in [0.15, 0.2) is 42.2 Å². The van der Waals surface area contributed by atoms with Gasteiger partial charge in [0, 0.05) is 11.6 Å². The Balaban J connectivity index is 2.52. The van der Waals surface area contributed by atoms with Crippen LogP contribution in [0.2, 0.25) is 0 Å². The molecular formula is C16H15O9P. The molecule has 0 spiro atoms. The molecule has 0 unspecified atom stereocenters. The van der Waals surface area contributed by atoms with E-state index in [1.807, 2.05) is 0 Å². The van der Waals surface area contributed by atoms with E-state index in [0.717, 1.165) is 12.1 Å². The van der Waals surface area contributed by atoms with Gasteiger partial charge < -0.3 is 24.6 Å². The average molecular weight is 382 g/mol. The predicted molar refractivity (Wildman–Crippen MR) is 89.9 cm³/mol. The van der Waals surface area contributed by atoms with Gasteiger partial charge in [-0.1, -0.05) is 6.07 Å². The predicted octanol–water partition coefficient (Wildman–Crippen LogP) is 2.38. The number of ether oxygens (including phenoxy) is 1. The second-order valence-corrected chi connectivity index (χ2v) is 6.31. The van der Waals surface area contributed by atoms with E-state index in [4.69, 9.17) is 14.5 Å². The lowest BCUT2D eigenvalue weighted by molar-refractivity contribution is -0.107. The summed E-state index contributed by atoms with van der Waals surface area (Å²) in [6.07, 6.45) is 0.101. The number of phenols is 2. The minimum atomic E-state index is -4.96. The second-order valence-electron chi connectivity index (χ2n) is 5.15. The molecule has 138 valence electrons. The molecule has 0 aliphatic carbocycles. The van der Waals surface area contributed by atoms with Crippen LogP contribution < -0.4 is 9.26 Å². The standard InChI is InChI=1S/C16H15O9P/c1-9-2-4-11(18)7-14(9)24-16(13(20)8-17)10-3-5-12(19)15(6-10)25-26(21,22)23/h2-8,18-20H,1H3,(H2,21,22,23)/b16-13+. The number of phosphoric acid groups is 1. The summed E-state index contributed by atoms with van der Waals surface area (Å²) in [6.45, 7) is 1.66. The van der Waals surface area contributed by atoms with Gasteiger partial charge in [-0.15, -0.1) is 0 Å². The molecule has 0 aromatic heterocycles. The van der Waals surface area contributed by atoms with Gasteiger partial charge in [-0.05, 0) is 36.8 Å². The quantitative estimate of drug-likeness (QED) is 0.219. The number of hydrogen-bond donors (Lipinski definition) is 5. The van der Waals surface area contributed by atoms with E-state index in [2.05, 4.69) is 4.52 Å². The molecule has 0 fully saturated rings. The third-order valence-electron chi connectivity index (χ3n) is 3.17. The number of aldehydes is 1. The Morgan fingerprint density at radius 3 is 2.38 bits per heavy atom. The van der Waals surface area contributed by atoms with Gasteiger partial charge in [0.1, 0.15) is 11.5 Å². The maximum atomic E-state index is 11.0. The summed E-state index contributed by atoms with van der Waals surface area (Å²) in [7, 11) is -4.96. The van der Waals surface area contributed by atoms with E-state index in [-0.39, 0.29) is 29.1 Å². The summed E-state index contributed by atoms with van der Waals surface area (Å²) in [5.41, 5.74) is 0.558. The van der Waals surface area contributed by atoms with Crippen molar-refractivity contribution in [3.8, 4) is 23.0 Å². The Morgan fingerprint density at radius 2 is 1.77 bits per heavy atom. The Labute approximate surface area is 147 Å². The number of phosphoric ester groups is 1. The minimum absolute atomic E-state index is 0.0152. The largest absolute Gasteiger partial charge is 0.524 e. The van der Waals surface area contributed by atoms with Crippen molar-refractivity contribution in [2.75, 3.05) is 0 Å². The normalized spacial score (nSPS) is 12.3. The third-order valence-corrected chi connectivity index (χ3v) is 3.60. The molecule has 26 heavy (non-hydrogen) atoms. The van der Waals surface area contributed by atoms with Crippen molar-refractivity contribution in [3.05, 3.63) is 53.3 Å². The summed E-state index contributed by atoms with van der Waals surface area (Å²) in [4.78, 5) is 28.8. The van der Waals surface area contributed by atoms with Crippen LogP contribution in [0.25, 0.3) is 5.76 Å². The first-order chi connectivity index (χ1) is 12.1. The van der Waals surface area contributed by atoms with Crippen LogP contribution >= 0.6 is 7.82 Å². The fourth-order valence-electron chi connectivity index (χ4n) is 1.98. The van der Waals surface area contributed by atoms with Crippen LogP contribution in [0.3, 0.4) is 0 Å². The Kier molecular flexibility index (Phi) is 5.56. The first-order valence-electron chi connectivity index (χ1n) is 7.05. The van der Waals surface area contributed by atoms with Crippen molar-refractivity contribution in [2.45, 2.75) is 6.92 Å². The fourth-order valence-corrected chi connectivity index (χ4v) is 2.38. The van der Waals surface area contributed by atoms with E-state index in [1.54, 1.807) is 13.0 Å². The maximum absolute atomic E-state index is 11.0. The SMILES string of the molecule is Cc1ccc(O)cc1O/C(=C(/O)C=O)c1ccc(O)c(OP(=O)(O)O)c1. The lowest BCUT2D eigenvalue weighted by Gasteiger charge is -2.15. The van der Waals surface area contributed by atoms with Crippen molar-refractivity contribution < 1.29 is 43.7 Å². The molecule has 0 bridgehead atoms. The molecule has 0 saturated carbocycles. The molecular weight excluding hydrogens is 367 g/mol. The lowest BCUT2D eigenvalue weighted by atomic mass is 10.1. The fraction of sp³-hybridized carbons (Fsp3) is 0.0625. The highest BCUT2D eigenvalue weighted by Crippen LogP contribution is 2.43. The van der Waals surface area contributed by atoms with E-state index in [0.29, 0.717) is 5.56 Å². The number of carbonyl (C=O) groups excluding carboxylic acids is 1. The zero-order valence-corrected chi connectivity index (χ0v) is 14.3. The van der Waals surface area contributed by atoms with Gasteiger partial charge >= 0.3 is 7.82 Å². The van der Waals surface area contributed by atoms with Crippen molar-refractivity contribution in [3.63, 3.8) is 0 Å². The van der Waals surface area contributed by atoms with E-state index in [9.17, 15) is 24.7 Å². The number of rotatable bonds is 6. The Bertz CT molecular complexity index is 914. The van der Waals surface area contributed by atoms with Gasteiger partial charge in [0.2, 0.25) is 0 Å². The summed E-state index contributed by atoms with van der Waals surface area (Å²) in [5.74, 6) is -2.34. The number of hydrogen-bond acceptors (Lipinski definition) is 7. The molecule has 5 N–H and O–H groups in total. The van der Waals surface area contributed by atoms with Crippen LogP contribution in [0.4, 0.5) is 0 Å². The summed E-state index contributed by atoms with van der Waals surface area (Å²) in [5, 5.41) is 29.1. The first kappa shape index (κ1) is 19.3. The van der Waals surface area contributed by atoms with Crippen LogP contribution in [-0.2, 0) is 9.36 Å². The highest BCUT2D eigenvalue weighted by atomic mass is 31.2. The zero-order valence-electron chi connectivity index (χ0n) is 13.4. The number of aliphatic hydroxyl groups is 1.